The van der Waals surface area contributed by atoms with Crippen LogP contribution in [-0.4, -0.2) is 5.11 Å². The molecule has 0 saturated heterocycles. The highest BCUT2D eigenvalue weighted by Gasteiger charge is 2.16. The molecule has 1 aromatic heterocycles. The van der Waals surface area contributed by atoms with Crippen molar-refractivity contribution in [2.75, 3.05) is 0 Å². The van der Waals surface area contributed by atoms with Crippen LogP contribution in [0.15, 0.2) is 42.5 Å². The van der Waals surface area contributed by atoms with Gasteiger partial charge >= 0.3 is 0 Å². The zero-order chi connectivity index (χ0) is 15.0. The fraction of sp³-hybridized carbons (Fsp3) is 0.125. The number of aliphatic hydroxyl groups is 1. The maximum Gasteiger partial charge on any atom is 0.124 e. The predicted octanol–water partition coefficient (Wildman–Crippen LogP) is 5.62. The van der Waals surface area contributed by atoms with Gasteiger partial charge in [0.15, 0.2) is 0 Å². The second-order valence-electron chi connectivity index (χ2n) is 4.75. The summed E-state index contributed by atoms with van der Waals surface area (Å²) in [6.45, 7) is 0. The smallest absolute Gasteiger partial charge is 0.124 e. The summed E-state index contributed by atoms with van der Waals surface area (Å²) in [4.78, 5) is 0.770. The van der Waals surface area contributed by atoms with Crippen molar-refractivity contribution in [3.05, 3.63) is 68.8 Å². The van der Waals surface area contributed by atoms with Gasteiger partial charge in [0, 0.05) is 26.0 Å². The lowest BCUT2D eigenvalue weighted by atomic mass is 10.1. The van der Waals surface area contributed by atoms with Crippen molar-refractivity contribution < 1.29 is 9.50 Å². The third-order valence-electron chi connectivity index (χ3n) is 3.29. The fourth-order valence-electron chi connectivity index (χ4n) is 2.21. The fourth-order valence-corrected chi connectivity index (χ4v) is 3.84. The molecule has 108 valence electrons. The van der Waals surface area contributed by atoms with E-state index in [4.69, 9.17) is 23.2 Å². The van der Waals surface area contributed by atoms with Crippen LogP contribution in [0.3, 0.4) is 0 Å². The average molecular weight is 341 g/mol. The van der Waals surface area contributed by atoms with Crippen molar-refractivity contribution in [3.8, 4) is 0 Å². The third-order valence-corrected chi connectivity index (χ3v) is 5.20. The van der Waals surface area contributed by atoms with E-state index in [2.05, 4.69) is 0 Å². The molecule has 0 aliphatic carbocycles. The average Bonchev–Trinajstić information content (AvgIpc) is 2.86. The summed E-state index contributed by atoms with van der Waals surface area (Å²) in [6, 6.07) is 11.7. The van der Waals surface area contributed by atoms with Gasteiger partial charge in [-0.1, -0.05) is 35.3 Å². The van der Waals surface area contributed by atoms with Gasteiger partial charge in [0.2, 0.25) is 0 Å². The Morgan fingerprint density at radius 3 is 2.52 bits per heavy atom. The monoisotopic (exact) mass is 340 g/mol. The van der Waals surface area contributed by atoms with Crippen molar-refractivity contribution in [2.45, 2.75) is 12.5 Å². The molecular weight excluding hydrogens is 330 g/mol. The van der Waals surface area contributed by atoms with Crippen LogP contribution in [-0.2, 0) is 6.42 Å². The molecule has 2 aromatic carbocycles. The predicted molar refractivity (Wildman–Crippen MR) is 86.9 cm³/mol. The van der Waals surface area contributed by atoms with Crippen LogP contribution in [0.4, 0.5) is 4.39 Å². The van der Waals surface area contributed by atoms with Crippen molar-refractivity contribution in [1.29, 1.82) is 0 Å². The Balaban J connectivity index is 1.91. The van der Waals surface area contributed by atoms with Gasteiger partial charge in [0.1, 0.15) is 5.82 Å². The minimum atomic E-state index is -0.720. The molecule has 0 amide bonds. The van der Waals surface area contributed by atoms with Gasteiger partial charge < -0.3 is 5.11 Å². The quantitative estimate of drug-likeness (QED) is 0.655. The Morgan fingerprint density at radius 1 is 1.10 bits per heavy atom. The second kappa shape index (κ2) is 5.93. The van der Waals surface area contributed by atoms with Crippen LogP contribution < -0.4 is 0 Å². The van der Waals surface area contributed by atoms with E-state index in [9.17, 15) is 9.50 Å². The summed E-state index contributed by atoms with van der Waals surface area (Å²) in [7, 11) is 0. The zero-order valence-corrected chi connectivity index (χ0v) is 13.1. The number of rotatable bonds is 3. The third kappa shape index (κ3) is 3.06. The van der Waals surface area contributed by atoms with E-state index >= 15 is 0 Å². The Hall–Kier alpha value is -1.13. The maximum absolute atomic E-state index is 13.2. The first kappa shape index (κ1) is 14.8. The van der Waals surface area contributed by atoms with Crippen LogP contribution >= 0.6 is 34.5 Å². The molecule has 0 spiro atoms. The maximum atomic E-state index is 13.2. The number of aliphatic hydroxyl groups excluding tert-OH is 1. The lowest BCUT2D eigenvalue weighted by molar-refractivity contribution is 0.182. The van der Waals surface area contributed by atoms with Crippen molar-refractivity contribution in [3.63, 3.8) is 0 Å². The highest BCUT2D eigenvalue weighted by molar-refractivity contribution is 7.19. The van der Waals surface area contributed by atoms with Crippen molar-refractivity contribution in [1.82, 2.24) is 0 Å². The van der Waals surface area contributed by atoms with Crippen LogP contribution in [0.5, 0.6) is 0 Å². The summed E-state index contributed by atoms with van der Waals surface area (Å²) in [5.41, 5.74) is 0.719. The first-order valence-corrected chi connectivity index (χ1v) is 7.92. The highest BCUT2D eigenvalue weighted by Crippen LogP contribution is 2.34. The molecule has 1 unspecified atom stereocenters. The van der Waals surface area contributed by atoms with E-state index in [-0.39, 0.29) is 5.82 Å². The molecule has 3 rings (SSSR count). The van der Waals surface area contributed by atoms with E-state index < -0.39 is 6.10 Å². The van der Waals surface area contributed by atoms with Crippen LogP contribution in [0.25, 0.3) is 10.1 Å². The molecule has 0 aliphatic rings. The summed E-state index contributed by atoms with van der Waals surface area (Å²) in [6.07, 6.45) is -0.392. The van der Waals surface area contributed by atoms with Gasteiger partial charge in [-0.2, -0.15) is 0 Å². The minimum Gasteiger partial charge on any atom is -0.387 e. The summed E-state index contributed by atoms with van der Waals surface area (Å²) >= 11 is 13.6. The first-order chi connectivity index (χ1) is 10.0. The van der Waals surface area contributed by atoms with Crippen LogP contribution in [0.1, 0.15) is 16.5 Å². The van der Waals surface area contributed by atoms with E-state index in [1.54, 1.807) is 24.3 Å². The molecule has 0 radical (unpaired) electrons. The Bertz CT molecular complexity index is 780. The molecule has 1 heterocycles. The summed E-state index contributed by atoms with van der Waals surface area (Å²) in [5, 5.41) is 12.4. The summed E-state index contributed by atoms with van der Waals surface area (Å²) in [5.74, 6) is -0.278. The topological polar surface area (TPSA) is 20.2 Å². The van der Waals surface area contributed by atoms with Gasteiger partial charge in [-0.15, -0.1) is 11.3 Å². The van der Waals surface area contributed by atoms with Crippen molar-refractivity contribution in [2.24, 2.45) is 0 Å². The van der Waals surface area contributed by atoms with Crippen LogP contribution in [0.2, 0.25) is 10.0 Å². The van der Waals surface area contributed by atoms with Gasteiger partial charge in [0.25, 0.3) is 0 Å². The van der Waals surface area contributed by atoms with E-state index in [1.807, 2.05) is 6.07 Å². The van der Waals surface area contributed by atoms with Crippen LogP contribution in [0, 0.1) is 5.82 Å². The summed E-state index contributed by atoms with van der Waals surface area (Å²) < 4.78 is 14.0. The molecule has 3 aromatic rings. The number of hydrogen-bond acceptors (Lipinski definition) is 2. The number of thiophene rings is 1. The van der Waals surface area contributed by atoms with Gasteiger partial charge in [-0.3, -0.25) is 0 Å². The number of benzene rings is 2. The second-order valence-corrected chi connectivity index (χ2v) is 6.68. The molecule has 0 fully saturated rings. The van der Waals surface area contributed by atoms with E-state index in [0.717, 1.165) is 20.5 Å². The number of fused-ring (bicyclic) bond motifs is 1. The molecule has 1 nitrogen and oxygen atoms in total. The molecule has 1 N–H and O–H groups in total. The Kier molecular flexibility index (Phi) is 4.18. The van der Waals surface area contributed by atoms with Gasteiger partial charge in [0.05, 0.1) is 6.10 Å². The first-order valence-electron chi connectivity index (χ1n) is 6.34. The minimum absolute atomic E-state index is 0.278. The standard InChI is InChI=1S/C16H11Cl2FOS/c17-12-2-1-3-13(18)11(12)8-14(20)16-6-9-4-5-10(19)7-15(9)21-16/h1-7,14,20H,8H2. The normalized spacial score (nSPS) is 12.8. The number of halogens is 3. The molecule has 0 bridgehead atoms. The lowest BCUT2D eigenvalue weighted by Gasteiger charge is -2.11. The molecular formula is C16H11Cl2FOS. The Labute approximate surface area is 135 Å². The molecule has 1 atom stereocenters. The number of hydrogen-bond donors (Lipinski definition) is 1. The lowest BCUT2D eigenvalue weighted by Crippen LogP contribution is -2.00. The SMILES string of the molecule is OC(Cc1c(Cl)cccc1Cl)c1cc2ccc(F)cc2s1. The van der Waals surface area contributed by atoms with Gasteiger partial charge in [-0.25, -0.2) is 4.39 Å². The van der Waals surface area contributed by atoms with E-state index in [1.165, 1.54) is 23.5 Å². The van der Waals surface area contributed by atoms with E-state index in [0.29, 0.717) is 16.5 Å². The molecule has 0 aliphatic heterocycles. The Morgan fingerprint density at radius 2 is 1.81 bits per heavy atom. The zero-order valence-electron chi connectivity index (χ0n) is 10.8. The molecule has 21 heavy (non-hydrogen) atoms. The molecule has 0 saturated carbocycles. The van der Waals surface area contributed by atoms with Gasteiger partial charge in [-0.05, 0) is 41.3 Å². The highest BCUT2D eigenvalue weighted by atomic mass is 35.5. The molecule has 5 heteroatoms. The largest absolute Gasteiger partial charge is 0.387 e. The van der Waals surface area contributed by atoms with Crippen molar-refractivity contribution >= 4 is 44.6 Å².